The van der Waals surface area contributed by atoms with Crippen LogP contribution >= 0.6 is 15.9 Å². The molecule has 0 spiro atoms. The lowest BCUT2D eigenvalue weighted by molar-refractivity contribution is -0.302. The number of rotatable bonds is 4. The number of aryl methyl sites for hydroxylation is 2. The molecular formula is C20H18BrF3N2O3. The molecule has 29 heavy (non-hydrogen) atoms. The number of carbonyl (C=O) groups is 1. The minimum atomic E-state index is -5.09. The summed E-state index contributed by atoms with van der Waals surface area (Å²) in [7, 11) is 0. The van der Waals surface area contributed by atoms with E-state index in [2.05, 4.69) is 21.0 Å². The van der Waals surface area contributed by atoms with Gasteiger partial charge >= 0.3 is 6.18 Å². The Balaban J connectivity index is 1.84. The van der Waals surface area contributed by atoms with Gasteiger partial charge < -0.3 is 9.84 Å². The van der Waals surface area contributed by atoms with Crippen LogP contribution in [-0.2, 0) is 4.79 Å². The SMILES string of the molecule is Cc1ccc(OCC(=O)N2N=C(c3ccc(Br)cc3)CC2(O)C(F)(F)F)cc1C. The molecule has 0 bridgehead atoms. The Hall–Kier alpha value is -2.39. The fourth-order valence-electron chi connectivity index (χ4n) is 2.84. The summed E-state index contributed by atoms with van der Waals surface area (Å²) in [5.41, 5.74) is -1.17. The number of ether oxygens (including phenoxy) is 1. The Morgan fingerprint density at radius 1 is 1.21 bits per heavy atom. The van der Waals surface area contributed by atoms with Crippen molar-refractivity contribution in [2.24, 2.45) is 5.10 Å². The molecule has 2 aromatic carbocycles. The van der Waals surface area contributed by atoms with Crippen molar-refractivity contribution in [1.29, 1.82) is 0 Å². The molecule has 9 heteroatoms. The van der Waals surface area contributed by atoms with Crippen LogP contribution < -0.4 is 4.74 Å². The van der Waals surface area contributed by atoms with Crippen LogP contribution in [0.4, 0.5) is 13.2 Å². The van der Waals surface area contributed by atoms with Crippen molar-refractivity contribution in [3.8, 4) is 5.75 Å². The molecule has 1 amide bonds. The quantitative estimate of drug-likeness (QED) is 0.723. The van der Waals surface area contributed by atoms with Gasteiger partial charge in [-0.15, -0.1) is 0 Å². The number of carbonyl (C=O) groups excluding carboxylic acids is 1. The highest BCUT2D eigenvalue weighted by Gasteiger charge is 2.63. The second-order valence-corrected chi connectivity index (χ2v) is 7.70. The Bertz CT molecular complexity index is 960. The molecular weight excluding hydrogens is 453 g/mol. The molecule has 0 radical (unpaired) electrons. The van der Waals surface area contributed by atoms with Crippen LogP contribution in [0, 0.1) is 13.8 Å². The molecule has 154 valence electrons. The highest BCUT2D eigenvalue weighted by molar-refractivity contribution is 9.10. The lowest BCUT2D eigenvalue weighted by atomic mass is 10.0. The highest BCUT2D eigenvalue weighted by atomic mass is 79.9. The molecule has 1 atom stereocenters. The molecule has 1 unspecified atom stereocenters. The van der Waals surface area contributed by atoms with E-state index in [4.69, 9.17) is 4.74 Å². The Labute approximate surface area is 173 Å². The number of hydrogen-bond donors (Lipinski definition) is 1. The lowest BCUT2D eigenvalue weighted by Crippen LogP contribution is -2.57. The molecule has 1 N–H and O–H groups in total. The minimum Gasteiger partial charge on any atom is -0.484 e. The van der Waals surface area contributed by atoms with Crippen molar-refractivity contribution in [3.05, 3.63) is 63.6 Å². The maximum Gasteiger partial charge on any atom is 0.438 e. The number of nitrogens with zero attached hydrogens (tertiary/aromatic N) is 2. The number of benzene rings is 2. The first-order chi connectivity index (χ1) is 13.5. The Morgan fingerprint density at radius 2 is 1.86 bits per heavy atom. The summed E-state index contributed by atoms with van der Waals surface area (Å²) in [4.78, 5) is 12.5. The maximum absolute atomic E-state index is 13.6. The van der Waals surface area contributed by atoms with Gasteiger partial charge in [0.1, 0.15) is 5.75 Å². The predicted molar refractivity (Wildman–Crippen MR) is 105 cm³/mol. The van der Waals surface area contributed by atoms with Crippen molar-refractivity contribution in [2.45, 2.75) is 32.2 Å². The zero-order valence-electron chi connectivity index (χ0n) is 15.6. The second-order valence-electron chi connectivity index (χ2n) is 6.79. The van der Waals surface area contributed by atoms with E-state index in [1.807, 2.05) is 13.8 Å². The standard InChI is InChI=1S/C20H18BrF3N2O3/c1-12-3-8-16(9-13(12)2)29-11-18(27)26-19(28,20(22,23)24)10-17(25-26)14-4-6-15(21)7-5-14/h3-9,28H,10-11H2,1-2H3. The molecule has 2 aromatic rings. The van der Waals surface area contributed by atoms with Gasteiger partial charge in [0.05, 0.1) is 12.1 Å². The van der Waals surface area contributed by atoms with Crippen molar-refractivity contribution >= 4 is 27.5 Å². The summed E-state index contributed by atoms with van der Waals surface area (Å²) in [6.07, 6.45) is -5.96. The normalized spacial score (nSPS) is 19.3. The summed E-state index contributed by atoms with van der Waals surface area (Å²) >= 11 is 3.25. The summed E-state index contributed by atoms with van der Waals surface area (Å²) in [5.74, 6) is -0.761. The monoisotopic (exact) mass is 470 g/mol. The van der Waals surface area contributed by atoms with E-state index >= 15 is 0 Å². The summed E-state index contributed by atoms with van der Waals surface area (Å²) < 4.78 is 46.9. The second kappa shape index (κ2) is 7.79. The summed E-state index contributed by atoms with van der Waals surface area (Å²) in [6, 6.07) is 11.5. The van der Waals surface area contributed by atoms with Crippen LogP contribution in [0.5, 0.6) is 5.75 Å². The van der Waals surface area contributed by atoms with Crippen LogP contribution in [0.3, 0.4) is 0 Å². The molecule has 0 saturated carbocycles. The molecule has 1 aliphatic heterocycles. The largest absolute Gasteiger partial charge is 0.484 e. The van der Waals surface area contributed by atoms with E-state index < -0.39 is 30.8 Å². The topological polar surface area (TPSA) is 62.1 Å². The Kier molecular flexibility index (Phi) is 5.73. The fourth-order valence-corrected chi connectivity index (χ4v) is 3.11. The molecule has 5 nitrogen and oxygen atoms in total. The van der Waals surface area contributed by atoms with Crippen molar-refractivity contribution in [1.82, 2.24) is 5.01 Å². The van der Waals surface area contributed by atoms with Gasteiger partial charge in [-0.3, -0.25) is 4.79 Å². The average molecular weight is 471 g/mol. The van der Waals surface area contributed by atoms with Crippen LogP contribution in [0.1, 0.15) is 23.1 Å². The number of hydrazone groups is 1. The van der Waals surface area contributed by atoms with E-state index in [0.29, 0.717) is 11.3 Å². The van der Waals surface area contributed by atoms with E-state index in [1.54, 1.807) is 42.5 Å². The van der Waals surface area contributed by atoms with Gasteiger partial charge in [0.2, 0.25) is 0 Å². The van der Waals surface area contributed by atoms with Crippen LogP contribution in [-0.4, -0.2) is 40.2 Å². The van der Waals surface area contributed by atoms with Gasteiger partial charge in [-0.25, -0.2) is 0 Å². The number of aliphatic hydroxyl groups is 1. The number of halogens is 4. The molecule has 0 aromatic heterocycles. The average Bonchev–Trinajstić information content (AvgIpc) is 3.02. The number of amides is 1. The predicted octanol–water partition coefficient (Wildman–Crippen LogP) is 4.33. The van der Waals surface area contributed by atoms with Crippen LogP contribution in [0.2, 0.25) is 0 Å². The fraction of sp³-hybridized carbons (Fsp3) is 0.300. The smallest absolute Gasteiger partial charge is 0.438 e. The van der Waals surface area contributed by atoms with Crippen molar-refractivity contribution in [3.63, 3.8) is 0 Å². The summed E-state index contributed by atoms with van der Waals surface area (Å²) in [6.45, 7) is 3.05. The van der Waals surface area contributed by atoms with Gasteiger partial charge in [-0.05, 0) is 54.8 Å². The summed E-state index contributed by atoms with van der Waals surface area (Å²) in [5, 5.41) is 14.2. The molecule has 3 rings (SSSR count). The lowest BCUT2D eigenvalue weighted by Gasteiger charge is -2.32. The highest BCUT2D eigenvalue weighted by Crippen LogP contribution is 2.41. The zero-order valence-corrected chi connectivity index (χ0v) is 17.2. The Morgan fingerprint density at radius 3 is 2.45 bits per heavy atom. The van der Waals surface area contributed by atoms with Gasteiger partial charge in [-0.2, -0.15) is 23.3 Å². The first-order valence-corrected chi connectivity index (χ1v) is 9.46. The third-order valence-electron chi connectivity index (χ3n) is 4.69. The molecule has 1 heterocycles. The van der Waals surface area contributed by atoms with E-state index in [1.165, 1.54) is 0 Å². The minimum absolute atomic E-state index is 0.0446. The van der Waals surface area contributed by atoms with Gasteiger partial charge in [0.15, 0.2) is 6.61 Å². The van der Waals surface area contributed by atoms with Crippen molar-refractivity contribution < 1.29 is 27.8 Å². The first-order valence-electron chi connectivity index (χ1n) is 8.67. The number of alkyl halides is 3. The van der Waals surface area contributed by atoms with Gasteiger partial charge in [-0.1, -0.05) is 34.1 Å². The van der Waals surface area contributed by atoms with E-state index in [9.17, 15) is 23.1 Å². The van der Waals surface area contributed by atoms with Gasteiger partial charge in [0, 0.05) is 4.47 Å². The van der Waals surface area contributed by atoms with E-state index in [0.717, 1.165) is 15.6 Å². The molecule has 0 fully saturated rings. The maximum atomic E-state index is 13.6. The molecule has 0 aliphatic carbocycles. The van der Waals surface area contributed by atoms with Gasteiger partial charge in [0.25, 0.3) is 11.6 Å². The van der Waals surface area contributed by atoms with E-state index in [-0.39, 0.29) is 10.7 Å². The third kappa shape index (κ3) is 4.30. The van der Waals surface area contributed by atoms with Crippen LogP contribution in [0.15, 0.2) is 52.0 Å². The third-order valence-corrected chi connectivity index (χ3v) is 5.22. The molecule has 1 aliphatic rings. The number of hydrogen-bond acceptors (Lipinski definition) is 4. The van der Waals surface area contributed by atoms with Crippen molar-refractivity contribution in [2.75, 3.05) is 6.61 Å². The molecule has 0 saturated heterocycles. The van der Waals surface area contributed by atoms with Crippen LogP contribution in [0.25, 0.3) is 0 Å². The first kappa shape index (κ1) is 21.3. The zero-order chi connectivity index (χ0) is 21.4.